The molecule has 0 spiro atoms. The molecule has 2 aromatic carbocycles. The number of benzene rings is 2. The molecule has 0 aliphatic heterocycles. The van der Waals surface area contributed by atoms with E-state index in [2.05, 4.69) is 25.5 Å². The van der Waals surface area contributed by atoms with Crippen molar-refractivity contribution in [2.75, 3.05) is 5.32 Å². The number of nitrogens with zero attached hydrogens (tertiary/aromatic N) is 3. The van der Waals surface area contributed by atoms with Gasteiger partial charge in [-0.15, -0.1) is 0 Å². The highest BCUT2D eigenvalue weighted by atomic mass is 35.5. The van der Waals surface area contributed by atoms with Crippen molar-refractivity contribution in [1.29, 1.82) is 0 Å². The average molecular weight is 368 g/mol. The molecule has 2 aromatic heterocycles. The normalized spacial score (nSPS) is 11.1. The second-order valence-electron chi connectivity index (χ2n) is 5.95. The summed E-state index contributed by atoms with van der Waals surface area (Å²) in [6.07, 6.45) is 0. The summed E-state index contributed by atoms with van der Waals surface area (Å²) >= 11 is 6.28. The van der Waals surface area contributed by atoms with Crippen LogP contribution in [0.4, 0.5) is 16.0 Å². The van der Waals surface area contributed by atoms with E-state index < -0.39 is 0 Å². The summed E-state index contributed by atoms with van der Waals surface area (Å²) in [4.78, 5) is 9.16. The molecule has 26 heavy (non-hydrogen) atoms. The van der Waals surface area contributed by atoms with Crippen LogP contribution in [0.2, 0.25) is 5.02 Å². The number of hydrogen-bond donors (Lipinski definition) is 2. The highest BCUT2D eigenvalue weighted by Crippen LogP contribution is 2.30. The zero-order valence-corrected chi connectivity index (χ0v) is 14.9. The second-order valence-corrected chi connectivity index (χ2v) is 6.35. The molecule has 0 amide bonds. The Labute approximate surface area is 154 Å². The minimum Gasteiger partial charge on any atom is -0.323 e. The average Bonchev–Trinajstić information content (AvgIpc) is 3.03. The number of H-pyrrole nitrogens is 1. The Balaban J connectivity index is 1.81. The Hall–Kier alpha value is -2.99. The third-order valence-corrected chi connectivity index (χ3v) is 4.62. The molecular formula is C19H15ClFN5. The van der Waals surface area contributed by atoms with Crippen LogP contribution in [0.25, 0.3) is 22.3 Å². The summed E-state index contributed by atoms with van der Waals surface area (Å²) in [7, 11) is 0. The number of nitrogens with one attached hydrogen (secondary N) is 2. The minimum atomic E-state index is -0.351. The predicted octanol–water partition coefficient (Wildman–Crippen LogP) is 5.17. The molecule has 2 N–H and O–H groups in total. The van der Waals surface area contributed by atoms with E-state index in [4.69, 9.17) is 11.6 Å². The maximum Gasteiger partial charge on any atom is 0.163 e. The van der Waals surface area contributed by atoms with E-state index in [9.17, 15) is 4.39 Å². The molecule has 130 valence electrons. The van der Waals surface area contributed by atoms with Gasteiger partial charge in [0.1, 0.15) is 17.2 Å². The molecule has 0 aliphatic rings. The first-order valence-corrected chi connectivity index (χ1v) is 8.42. The van der Waals surface area contributed by atoms with Crippen LogP contribution in [0.1, 0.15) is 11.3 Å². The largest absolute Gasteiger partial charge is 0.323 e. The number of anilines is 2. The van der Waals surface area contributed by atoms with Crippen molar-refractivity contribution >= 4 is 34.1 Å². The molecule has 7 heteroatoms. The number of para-hydroxylation sites is 1. The smallest absolute Gasteiger partial charge is 0.163 e. The van der Waals surface area contributed by atoms with Crippen molar-refractivity contribution in [3.8, 4) is 11.4 Å². The summed E-state index contributed by atoms with van der Waals surface area (Å²) in [5.41, 5.74) is 2.81. The molecule has 4 aromatic rings. The molecule has 0 fully saturated rings. The van der Waals surface area contributed by atoms with E-state index in [0.29, 0.717) is 33.4 Å². The van der Waals surface area contributed by atoms with E-state index in [1.165, 1.54) is 6.07 Å². The Bertz CT molecular complexity index is 1120. The van der Waals surface area contributed by atoms with Crippen molar-refractivity contribution in [3.63, 3.8) is 0 Å². The maximum atomic E-state index is 13.9. The zero-order valence-electron chi connectivity index (χ0n) is 14.1. The lowest BCUT2D eigenvalue weighted by Gasteiger charge is -2.12. The van der Waals surface area contributed by atoms with E-state index in [1.807, 2.05) is 32.0 Å². The van der Waals surface area contributed by atoms with Gasteiger partial charge >= 0.3 is 0 Å². The van der Waals surface area contributed by atoms with Crippen molar-refractivity contribution < 1.29 is 4.39 Å². The molecule has 0 saturated heterocycles. The zero-order chi connectivity index (χ0) is 18.3. The van der Waals surface area contributed by atoms with E-state index in [0.717, 1.165) is 16.8 Å². The first kappa shape index (κ1) is 16.5. The summed E-state index contributed by atoms with van der Waals surface area (Å²) < 4.78 is 13.9. The van der Waals surface area contributed by atoms with Crippen LogP contribution in [0.5, 0.6) is 0 Å². The first-order valence-electron chi connectivity index (χ1n) is 8.04. The van der Waals surface area contributed by atoms with Gasteiger partial charge in [0, 0.05) is 22.2 Å². The summed E-state index contributed by atoms with van der Waals surface area (Å²) in [6.45, 7) is 3.83. The van der Waals surface area contributed by atoms with E-state index in [-0.39, 0.29) is 5.82 Å². The van der Waals surface area contributed by atoms with Crippen molar-refractivity contribution in [1.82, 2.24) is 20.2 Å². The highest BCUT2D eigenvalue weighted by molar-refractivity contribution is 6.33. The number of halogens is 2. The third kappa shape index (κ3) is 2.78. The topological polar surface area (TPSA) is 66.5 Å². The molecule has 2 heterocycles. The van der Waals surface area contributed by atoms with Gasteiger partial charge in [-0.25, -0.2) is 14.4 Å². The number of hydrogen-bond acceptors (Lipinski definition) is 4. The number of fused-ring (bicyclic) bond motifs is 1. The standard InChI is InChI=1S/C19H15ClFN5/c1-10-11(2)22-18(12-6-3-4-8-14(12)20)23-17(10)24-19-13-7-5-9-15(21)16(13)25-26-19/h3-9H,1-2H3,(H2,22,23,24,25,26). The predicted molar refractivity (Wildman–Crippen MR) is 101 cm³/mol. The SMILES string of the molecule is Cc1nc(-c2ccccc2Cl)nc(Nc2n[nH]c3c(F)cccc23)c1C. The molecule has 0 aliphatic carbocycles. The maximum absolute atomic E-state index is 13.9. The molecule has 0 bridgehead atoms. The lowest BCUT2D eigenvalue weighted by Crippen LogP contribution is -2.03. The van der Waals surface area contributed by atoms with Gasteiger partial charge in [-0.05, 0) is 38.1 Å². The monoisotopic (exact) mass is 367 g/mol. The first-order chi connectivity index (χ1) is 12.5. The lowest BCUT2D eigenvalue weighted by molar-refractivity contribution is 0.636. The van der Waals surface area contributed by atoms with E-state index >= 15 is 0 Å². The molecule has 0 atom stereocenters. The van der Waals surface area contributed by atoms with Crippen molar-refractivity contribution in [3.05, 3.63) is 64.6 Å². The Morgan fingerprint density at radius 3 is 2.62 bits per heavy atom. The Morgan fingerprint density at radius 2 is 1.81 bits per heavy atom. The number of aromatic amines is 1. The second kappa shape index (κ2) is 6.38. The summed E-state index contributed by atoms with van der Waals surface area (Å²) in [6, 6.07) is 12.2. The van der Waals surface area contributed by atoms with Crippen molar-refractivity contribution in [2.45, 2.75) is 13.8 Å². The Morgan fingerprint density at radius 1 is 1.00 bits per heavy atom. The van der Waals surface area contributed by atoms with Gasteiger partial charge in [-0.2, -0.15) is 5.10 Å². The molecule has 0 saturated carbocycles. The molecule has 4 rings (SSSR count). The molecule has 0 radical (unpaired) electrons. The van der Waals surface area contributed by atoms with Crippen LogP contribution in [0.15, 0.2) is 42.5 Å². The fraction of sp³-hybridized carbons (Fsp3) is 0.105. The number of aryl methyl sites for hydroxylation is 1. The van der Waals surface area contributed by atoms with Crippen LogP contribution in [0.3, 0.4) is 0 Å². The van der Waals surface area contributed by atoms with Crippen molar-refractivity contribution in [2.24, 2.45) is 0 Å². The quantitative estimate of drug-likeness (QED) is 0.524. The third-order valence-electron chi connectivity index (χ3n) is 4.29. The van der Waals surface area contributed by atoms with E-state index in [1.54, 1.807) is 18.2 Å². The fourth-order valence-electron chi connectivity index (χ4n) is 2.73. The number of aromatic nitrogens is 4. The van der Waals surface area contributed by atoms with Gasteiger partial charge in [0.15, 0.2) is 11.6 Å². The van der Waals surface area contributed by atoms with Crippen LogP contribution in [-0.4, -0.2) is 20.2 Å². The molecule has 0 unspecified atom stereocenters. The van der Waals surface area contributed by atoms with Crippen LogP contribution in [-0.2, 0) is 0 Å². The Kier molecular flexibility index (Phi) is 4.05. The molecular weight excluding hydrogens is 353 g/mol. The van der Waals surface area contributed by atoms with Crippen LogP contribution < -0.4 is 5.32 Å². The van der Waals surface area contributed by atoms with Gasteiger partial charge in [-0.3, -0.25) is 5.10 Å². The fourth-order valence-corrected chi connectivity index (χ4v) is 2.95. The molecule has 5 nitrogen and oxygen atoms in total. The van der Waals surface area contributed by atoms with Gasteiger partial charge in [0.2, 0.25) is 0 Å². The number of rotatable bonds is 3. The van der Waals surface area contributed by atoms with Gasteiger partial charge < -0.3 is 5.32 Å². The van der Waals surface area contributed by atoms with Gasteiger partial charge in [0.05, 0.1) is 5.02 Å². The minimum absolute atomic E-state index is 0.351. The van der Waals surface area contributed by atoms with Crippen LogP contribution in [0, 0.1) is 19.7 Å². The summed E-state index contributed by atoms with van der Waals surface area (Å²) in [5.74, 6) is 1.28. The summed E-state index contributed by atoms with van der Waals surface area (Å²) in [5, 5.41) is 11.3. The van der Waals surface area contributed by atoms with Crippen LogP contribution >= 0.6 is 11.6 Å². The highest BCUT2D eigenvalue weighted by Gasteiger charge is 2.15. The lowest BCUT2D eigenvalue weighted by atomic mass is 10.2. The van der Waals surface area contributed by atoms with Gasteiger partial charge in [-0.1, -0.05) is 29.8 Å². The van der Waals surface area contributed by atoms with Gasteiger partial charge in [0.25, 0.3) is 0 Å².